The van der Waals surface area contributed by atoms with E-state index in [0.29, 0.717) is 19.4 Å². The third kappa shape index (κ3) is 11.2. The lowest BCUT2D eigenvalue weighted by Crippen LogP contribution is -2.26. The van der Waals surface area contributed by atoms with E-state index in [4.69, 9.17) is 10.8 Å². The van der Waals surface area contributed by atoms with Crippen molar-refractivity contribution in [1.82, 2.24) is 5.32 Å². The van der Waals surface area contributed by atoms with Gasteiger partial charge in [-0.2, -0.15) is 0 Å². The molecule has 0 saturated heterocycles. The molecule has 0 aliphatic rings. The predicted molar refractivity (Wildman–Crippen MR) is 55.4 cm³/mol. The largest absolute Gasteiger partial charge is 0.481 e. The fourth-order valence-electron chi connectivity index (χ4n) is 0.955. The number of halogens is 1. The summed E-state index contributed by atoms with van der Waals surface area (Å²) < 4.78 is 0. The van der Waals surface area contributed by atoms with Crippen molar-refractivity contribution >= 4 is 24.3 Å². The van der Waals surface area contributed by atoms with Gasteiger partial charge in [0.2, 0.25) is 5.91 Å². The molecule has 1 amide bonds. The minimum Gasteiger partial charge on any atom is -0.481 e. The number of carboxylic acids is 1. The number of carboxylic acid groups (broad SMARTS) is 1. The fraction of sp³-hybridized carbons (Fsp3) is 0.750. The molecule has 1 atom stereocenters. The highest BCUT2D eigenvalue weighted by Gasteiger charge is 2.06. The van der Waals surface area contributed by atoms with Gasteiger partial charge in [0.05, 0.1) is 6.42 Å². The van der Waals surface area contributed by atoms with E-state index in [1.54, 1.807) is 0 Å². The van der Waals surface area contributed by atoms with Gasteiger partial charge in [-0.15, -0.1) is 12.4 Å². The Bertz CT molecular complexity index is 187. The van der Waals surface area contributed by atoms with Gasteiger partial charge in [0.25, 0.3) is 0 Å². The first kappa shape index (κ1) is 15.7. The van der Waals surface area contributed by atoms with Crippen molar-refractivity contribution < 1.29 is 14.7 Å². The fourth-order valence-corrected chi connectivity index (χ4v) is 0.955. The van der Waals surface area contributed by atoms with Crippen molar-refractivity contribution in [3.8, 4) is 0 Å². The average molecular weight is 225 g/mol. The van der Waals surface area contributed by atoms with Gasteiger partial charge in [0.15, 0.2) is 0 Å². The first-order valence-corrected chi connectivity index (χ1v) is 4.24. The van der Waals surface area contributed by atoms with Crippen molar-refractivity contribution in [2.75, 3.05) is 6.54 Å². The summed E-state index contributed by atoms with van der Waals surface area (Å²) in [7, 11) is 0. The van der Waals surface area contributed by atoms with Gasteiger partial charge in [-0.3, -0.25) is 9.59 Å². The molecule has 4 N–H and O–H groups in total. The van der Waals surface area contributed by atoms with Crippen molar-refractivity contribution in [2.45, 2.75) is 32.2 Å². The van der Waals surface area contributed by atoms with Gasteiger partial charge in [-0.1, -0.05) is 0 Å². The molecule has 0 fully saturated rings. The Labute approximate surface area is 89.5 Å². The molecule has 0 unspecified atom stereocenters. The number of hydrogen-bond donors (Lipinski definition) is 3. The van der Waals surface area contributed by atoms with Crippen LogP contribution in [0, 0.1) is 0 Å². The molecular formula is C8H17ClN2O3. The van der Waals surface area contributed by atoms with Crippen LogP contribution in [0.25, 0.3) is 0 Å². The molecule has 5 nitrogen and oxygen atoms in total. The number of nitrogens with two attached hydrogens (primary N) is 1. The zero-order chi connectivity index (χ0) is 10.3. The lowest BCUT2D eigenvalue weighted by atomic mass is 10.1. The van der Waals surface area contributed by atoms with E-state index < -0.39 is 5.97 Å². The molecule has 6 heteroatoms. The minimum absolute atomic E-state index is 0. The summed E-state index contributed by atoms with van der Waals surface area (Å²) in [6.07, 6.45) is 1.32. The molecule has 0 aliphatic heterocycles. The highest BCUT2D eigenvalue weighted by atomic mass is 35.5. The van der Waals surface area contributed by atoms with Gasteiger partial charge in [0.1, 0.15) is 0 Å². The molecule has 0 aromatic heterocycles. The molecule has 0 heterocycles. The van der Waals surface area contributed by atoms with Crippen LogP contribution in [-0.4, -0.2) is 29.6 Å². The van der Waals surface area contributed by atoms with E-state index in [-0.39, 0.29) is 30.8 Å². The van der Waals surface area contributed by atoms with Crippen LogP contribution in [-0.2, 0) is 9.59 Å². The number of amides is 1. The molecule has 0 aromatic rings. The molecule has 0 aliphatic carbocycles. The lowest BCUT2D eigenvalue weighted by molar-refractivity contribution is -0.137. The molecule has 0 saturated carbocycles. The molecule has 0 spiro atoms. The Balaban J connectivity index is 0. The summed E-state index contributed by atoms with van der Waals surface area (Å²) in [6, 6.07) is -0.314. The second-order valence-electron chi connectivity index (χ2n) is 2.98. The van der Waals surface area contributed by atoms with Crippen LogP contribution < -0.4 is 11.1 Å². The molecular weight excluding hydrogens is 208 g/mol. The minimum atomic E-state index is -0.882. The summed E-state index contributed by atoms with van der Waals surface area (Å²) in [4.78, 5) is 20.6. The molecule has 0 aromatic carbocycles. The Kier molecular flexibility index (Phi) is 9.81. The van der Waals surface area contributed by atoms with Crippen LogP contribution in [0.1, 0.15) is 26.2 Å². The van der Waals surface area contributed by atoms with Gasteiger partial charge in [-0.25, -0.2) is 0 Å². The van der Waals surface area contributed by atoms with Crippen LogP contribution in [0.5, 0.6) is 0 Å². The van der Waals surface area contributed by atoms with Crippen molar-refractivity contribution in [3.63, 3.8) is 0 Å². The summed E-state index contributed by atoms with van der Waals surface area (Å²) in [5.74, 6) is -0.959. The van der Waals surface area contributed by atoms with E-state index in [2.05, 4.69) is 5.32 Å². The van der Waals surface area contributed by atoms with Gasteiger partial charge in [-0.05, 0) is 12.8 Å². The Morgan fingerprint density at radius 3 is 2.50 bits per heavy atom. The molecule has 0 radical (unpaired) electrons. The van der Waals surface area contributed by atoms with E-state index >= 15 is 0 Å². The zero-order valence-electron chi connectivity index (χ0n) is 8.16. The van der Waals surface area contributed by atoms with Gasteiger partial charge < -0.3 is 16.2 Å². The Morgan fingerprint density at radius 2 is 2.07 bits per heavy atom. The summed E-state index contributed by atoms with van der Waals surface area (Å²) in [6.45, 7) is 2.00. The van der Waals surface area contributed by atoms with Crippen LogP contribution >= 0.6 is 12.4 Å². The average Bonchev–Trinajstić information content (AvgIpc) is 1.96. The van der Waals surface area contributed by atoms with Crippen LogP contribution in [0.2, 0.25) is 0 Å². The van der Waals surface area contributed by atoms with Gasteiger partial charge >= 0.3 is 5.97 Å². The maximum atomic E-state index is 10.4. The van der Waals surface area contributed by atoms with Crippen molar-refractivity contribution in [1.29, 1.82) is 0 Å². The second-order valence-corrected chi connectivity index (χ2v) is 2.98. The third-order valence-corrected chi connectivity index (χ3v) is 1.56. The topological polar surface area (TPSA) is 92.4 Å². The van der Waals surface area contributed by atoms with Crippen LogP contribution in [0.3, 0.4) is 0 Å². The van der Waals surface area contributed by atoms with E-state index in [1.807, 2.05) is 0 Å². The number of hydrogen-bond acceptors (Lipinski definition) is 3. The first-order valence-electron chi connectivity index (χ1n) is 4.24. The SMILES string of the molecule is CC(=O)NCCC[C@@H](N)CC(=O)O.Cl. The van der Waals surface area contributed by atoms with Gasteiger partial charge in [0, 0.05) is 19.5 Å². The third-order valence-electron chi connectivity index (χ3n) is 1.56. The Morgan fingerprint density at radius 1 is 1.50 bits per heavy atom. The maximum absolute atomic E-state index is 10.4. The summed E-state index contributed by atoms with van der Waals surface area (Å²) in [5.41, 5.74) is 5.50. The second kappa shape index (κ2) is 8.77. The number of rotatable bonds is 6. The highest BCUT2D eigenvalue weighted by molar-refractivity contribution is 5.85. The summed E-state index contributed by atoms with van der Waals surface area (Å²) >= 11 is 0. The van der Waals surface area contributed by atoms with Crippen molar-refractivity contribution in [2.24, 2.45) is 5.73 Å². The summed E-state index contributed by atoms with van der Waals surface area (Å²) in [5, 5.41) is 11.0. The van der Waals surface area contributed by atoms with Crippen molar-refractivity contribution in [3.05, 3.63) is 0 Å². The monoisotopic (exact) mass is 224 g/mol. The molecule has 84 valence electrons. The van der Waals surface area contributed by atoms with E-state index in [9.17, 15) is 9.59 Å². The normalized spacial score (nSPS) is 11.3. The first-order chi connectivity index (χ1) is 6.02. The number of aliphatic carboxylic acids is 1. The zero-order valence-corrected chi connectivity index (χ0v) is 8.97. The standard InChI is InChI=1S/C8H16N2O3.ClH/c1-6(11)10-4-2-3-7(9)5-8(12)13;/h7H,2-5,9H2,1H3,(H,10,11)(H,12,13);1H/t7-;/m1./s1. The van der Waals surface area contributed by atoms with E-state index in [1.165, 1.54) is 6.92 Å². The number of nitrogens with one attached hydrogen (secondary N) is 1. The Hall–Kier alpha value is -0.810. The van der Waals surface area contributed by atoms with E-state index in [0.717, 1.165) is 0 Å². The number of carbonyl (C=O) groups is 2. The van der Waals surface area contributed by atoms with Crippen LogP contribution in [0.4, 0.5) is 0 Å². The smallest absolute Gasteiger partial charge is 0.304 e. The molecule has 14 heavy (non-hydrogen) atoms. The molecule has 0 rings (SSSR count). The highest BCUT2D eigenvalue weighted by Crippen LogP contribution is 1.97. The maximum Gasteiger partial charge on any atom is 0.304 e. The van der Waals surface area contributed by atoms with Crippen LogP contribution in [0.15, 0.2) is 0 Å². The molecule has 0 bridgehead atoms. The number of carbonyl (C=O) groups excluding carboxylic acids is 1. The lowest BCUT2D eigenvalue weighted by Gasteiger charge is -2.08. The quantitative estimate of drug-likeness (QED) is 0.559. The predicted octanol–water partition coefficient (Wildman–Crippen LogP) is 0.127.